The van der Waals surface area contributed by atoms with Crippen molar-refractivity contribution < 1.29 is 4.79 Å². The van der Waals surface area contributed by atoms with Crippen LogP contribution >= 0.6 is 11.3 Å². The third-order valence-corrected chi connectivity index (χ3v) is 4.21. The van der Waals surface area contributed by atoms with Crippen LogP contribution in [0.2, 0.25) is 0 Å². The van der Waals surface area contributed by atoms with Crippen molar-refractivity contribution in [3.63, 3.8) is 0 Å². The van der Waals surface area contributed by atoms with Crippen molar-refractivity contribution in [2.45, 2.75) is 33.4 Å². The van der Waals surface area contributed by atoms with Crippen LogP contribution < -0.4 is 11.3 Å². The molecule has 1 heterocycles. The standard InChI is InChI=1S/C16H21N3OS/c1-11(2)19(10-13-5-4-8-21-13)16(20)14-7-6-12(3)9-15(14)18-17/h4-9,11,18H,10,17H2,1-3H3. The number of benzene rings is 1. The lowest BCUT2D eigenvalue weighted by atomic mass is 10.1. The number of rotatable bonds is 5. The summed E-state index contributed by atoms with van der Waals surface area (Å²) in [5, 5.41) is 2.02. The van der Waals surface area contributed by atoms with Crippen LogP contribution in [0.25, 0.3) is 0 Å². The molecule has 2 aromatic rings. The third kappa shape index (κ3) is 3.62. The molecule has 5 heteroatoms. The Hall–Kier alpha value is -1.85. The number of aryl methyl sites for hydroxylation is 1. The number of nitrogens with two attached hydrogens (primary N) is 1. The lowest BCUT2D eigenvalue weighted by Gasteiger charge is -2.27. The van der Waals surface area contributed by atoms with Gasteiger partial charge in [-0.2, -0.15) is 0 Å². The summed E-state index contributed by atoms with van der Waals surface area (Å²) in [6, 6.07) is 9.81. The Bertz CT molecular complexity index is 608. The smallest absolute Gasteiger partial charge is 0.256 e. The molecular weight excluding hydrogens is 282 g/mol. The molecule has 0 aliphatic heterocycles. The minimum absolute atomic E-state index is 0.00801. The van der Waals surface area contributed by atoms with Crippen molar-refractivity contribution in [3.8, 4) is 0 Å². The van der Waals surface area contributed by atoms with Crippen LogP contribution in [-0.4, -0.2) is 16.8 Å². The summed E-state index contributed by atoms with van der Waals surface area (Å²) in [6.07, 6.45) is 0. The zero-order chi connectivity index (χ0) is 15.4. The maximum atomic E-state index is 12.8. The average molecular weight is 303 g/mol. The highest BCUT2D eigenvalue weighted by Crippen LogP contribution is 2.22. The summed E-state index contributed by atoms with van der Waals surface area (Å²) in [6.45, 7) is 6.64. The van der Waals surface area contributed by atoms with E-state index in [1.54, 1.807) is 11.3 Å². The van der Waals surface area contributed by atoms with E-state index in [4.69, 9.17) is 5.84 Å². The molecule has 1 aromatic heterocycles. The number of nitrogens with one attached hydrogen (secondary N) is 1. The first kappa shape index (κ1) is 15.5. The van der Waals surface area contributed by atoms with Crippen LogP contribution in [0.5, 0.6) is 0 Å². The van der Waals surface area contributed by atoms with Crippen LogP contribution in [0, 0.1) is 6.92 Å². The maximum Gasteiger partial charge on any atom is 0.256 e. The second kappa shape index (κ2) is 6.74. The van der Waals surface area contributed by atoms with Crippen LogP contribution in [0.15, 0.2) is 35.7 Å². The molecule has 1 aromatic carbocycles. The van der Waals surface area contributed by atoms with Crippen molar-refractivity contribution in [2.75, 3.05) is 5.43 Å². The Kier molecular flexibility index (Phi) is 4.98. The SMILES string of the molecule is Cc1ccc(C(=O)N(Cc2cccs2)C(C)C)c(NN)c1. The zero-order valence-corrected chi connectivity index (χ0v) is 13.4. The summed E-state index contributed by atoms with van der Waals surface area (Å²) in [4.78, 5) is 15.9. The molecule has 0 fully saturated rings. The summed E-state index contributed by atoms with van der Waals surface area (Å²) < 4.78 is 0. The predicted molar refractivity (Wildman–Crippen MR) is 88.3 cm³/mol. The van der Waals surface area contributed by atoms with Gasteiger partial charge in [0.15, 0.2) is 0 Å². The molecule has 4 nitrogen and oxygen atoms in total. The quantitative estimate of drug-likeness (QED) is 0.657. The van der Waals surface area contributed by atoms with E-state index in [1.807, 2.05) is 61.4 Å². The highest BCUT2D eigenvalue weighted by molar-refractivity contribution is 7.09. The number of hydrogen-bond donors (Lipinski definition) is 2. The molecule has 0 aliphatic rings. The Labute approximate surface area is 129 Å². The van der Waals surface area contributed by atoms with E-state index in [2.05, 4.69) is 5.43 Å². The first-order chi connectivity index (χ1) is 10.0. The molecular formula is C16H21N3OS. The van der Waals surface area contributed by atoms with E-state index in [0.717, 1.165) is 5.56 Å². The van der Waals surface area contributed by atoms with Gasteiger partial charge in [0.05, 0.1) is 17.8 Å². The minimum atomic E-state index is -0.00801. The summed E-state index contributed by atoms with van der Waals surface area (Å²) in [7, 11) is 0. The lowest BCUT2D eigenvalue weighted by Crippen LogP contribution is -2.36. The van der Waals surface area contributed by atoms with Crippen LogP contribution in [0.3, 0.4) is 0 Å². The van der Waals surface area contributed by atoms with Gasteiger partial charge in [0.1, 0.15) is 0 Å². The number of nitrogens with zero attached hydrogens (tertiary/aromatic N) is 1. The highest BCUT2D eigenvalue weighted by Gasteiger charge is 2.21. The largest absolute Gasteiger partial charge is 0.331 e. The Morgan fingerprint density at radius 1 is 1.38 bits per heavy atom. The molecule has 0 radical (unpaired) electrons. The van der Waals surface area contributed by atoms with Crippen LogP contribution in [0.4, 0.5) is 5.69 Å². The van der Waals surface area contributed by atoms with Gasteiger partial charge in [-0.1, -0.05) is 12.1 Å². The minimum Gasteiger partial charge on any atom is -0.331 e. The van der Waals surface area contributed by atoms with Gasteiger partial charge in [0.2, 0.25) is 0 Å². The highest BCUT2D eigenvalue weighted by atomic mass is 32.1. The number of thiophene rings is 1. The van der Waals surface area contributed by atoms with Gasteiger partial charge in [-0.05, 0) is 49.9 Å². The number of carbonyl (C=O) groups excluding carboxylic acids is 1. The van der Waals surface area contributed by atoms with E-state index >= 15 is 0 Å². The third-order valence-electron chi connectivity index (χ3n) is 3.35. The van der Waals surface area contributed by atoms with Crippen molar-refractivity contribution in [2.24, 2.45) is 5.84 Å². The van der Waals surface area contributed by atoms with Gasteiger partial charge in [-0.25, -0.2) is 0 Å². The molecule has 2 rings (SSSR count). The lowest BCUT2D eigenvalue weighted by molar-refractivity contribution is 0.0693. The van der Waals surface area contributed by atoms with E-state index < -0.39 is 0 Å². The number of amides is 1. The Balaban J connectivity index is 2.30. The van der Waals surface area contributed by atoms with Crippen molar-refractivity contribution in [1.82, 2.24) is 4.90 Å². The Morgan fingerprint density at radius 2 is 2.14 bits per heavy atom. The van der Waals surface area contributed by atoms with Gasteiger partial charge in [-0.15, -0.1) is 11.3 Å². The number of hydrogen-bond acceptors (Lipinski definition) is 4. The first-order valence-electron chi connectivity index (χ1n) is 6.93. The predicted octanol–water partition coefficient (Wildman–Crippen LogP) is 3.39. The zero-order valence-electron chi connectivity index (χ0n) is 12.6. The monoisotopic (exact) mass is 303 g/mol. The number of anilines is 1. The van der Waals surface area contributed by atoms with Gasteiger partial charge in [-0.3, -0.25) is 10.6 Å². The molecule has 0 unspecified atom stereocenters. The second-order valence-corrected chi connectivity index (χ2v) is 6.33. The van der Waals surface area contributed by atoms with E-state index in [0.29, 0.717) is 17.8 Å². The van der Waals surface area contributed by atoms with E-state index in [-0.39, 0.29) is 11.9 Å². The molecule has 0 spiro atoms. The normalized spacial score (nSPS) is 10.7. The molecule has 0 bridgehead atoms. The summed E-state index contributed by atoms with van der Waals surface area (Å²) in [5.41, 5.74) is 4.96. The first-order valence-corrected chi connectivity index (χ1v) is 7.81. The molecule has 0 atom stereocenters. The topological polar surface area (TPSA) is 58.4 Å². The molecule has 0 aliphatic carbocycles. The van der Waals surface area contributed by atoms with Crippen LogP contribution in [0.1, 0.15) is 34.6 Å². The fourth-order valence-electron chi connectivity index (χ4n) is 2.18. The average Bonchev–Trinajstić information content (AvgIpc) is 2.96. The van der Waals surface area contributed by atoms with E-state index in [1.165, 1.54) is 4.88 Å². The van der Waals surface area contributed by atoms with E-state index in [9.17, 15) is 4.79 Å². The maximum absolute atomic E-state index is 12.8. The number of nitrogen functional groups attached to an aromatic ring is 1. The van der Waals surface area contributed by atoms with Gasteiger partial charge in [0, 0.05) is 10.9 Å². The fraction of sp³-hybridized carbons (Fsp3) is 0.312. The van der Waals surface area contributed by atoms with Gasteiger partial charge < -0.3 is 10.3 Å². The molecule has 3 N–H and O–H groups in total. The molecule has 0 saturated carbocycles. The molecule has 0 saturated heterocycles. The Morgan fingerprint density at radius 3 is 2.71 bits per heavy atom. The molecule has 112 valence electrons. The second-order valence-electron chi connectivity index (χ2n) is 5.30. The van der Waals surface area contributed by atoms with Gasteiger partial charge in [0.25, 0.3) is 5.91 Å². The fourth-order valence-corrected chi connectivity index (χ4v) is 2.88. The number of carbonyl (C=O) groups is 1. The summed E-state index contributed by atoms with van der Waals surface area (Å²) in [5.74, 6) is 5.54. The summed E-state index contributed by atoms with van der Waals surface area (Å²) >= 11 is 1.66. The van der Waals surface area contributed by atoms with Crippen molar-refractivity contribution in [3.05, 3.63) is 51.7 Å². The molecule has 1 amide bonds. The van der Waals surface area contributed by atoms with Crippen molar-refractivity contribution >= 4 is 22.9 Å². The van der Waals surface area contributed by atoms with Gasteiger partial charge >= 0.3 is 0 Å². The van der Waals surface area contributed by atoms with Crippen LogP contribution in [-0.2, 0) is 6.54 Å². The number of hydrazine groups is 1. The van der Waals surface area contributed by atoms with Crippen molar-refractivity contribution in [1.29, 1.82) is 0 Å². The molecule has 21 heavy (non-hydrogen) atoms.